The van der Waals surface area contributed by atoms with Crippen LogP contribution in [-0.2, 0) is 16.1 Å². The first kappa shape index (κ1) is 16.4. The molecule has 0 radical (unpaired) electrons. The second-order valence-corrected chi connectivity index (χ2v) is 4.02. The van der Waals surface area contributed by atoms with Crippen LogP contribution >= 0.6 is 0 Å². The maximum absolute atomic E-state index is 10.9. The van der Waals surface area contributed by atoms with Crippen molar-refractivity contribution in [2.24, 2.45) is 0 Å². The molecule has 0 aliphatic carbocycles. The quantitative estimate of drug-likeness (QED) is 0.398. The summed E-state index contributed by atoms with van der Waals surface area (Å²) in [7, 11) is 1.62. The molecule has 1 aromatic rings. The van der Waals surface area contributed by atoms with Gasteiger partial charge in [-0.05, 0) is 18.1 Å². The summed E-state index contributed by atoms with van der Waals surface area (Å²) < 4.78 is 15.5. The molecule has 1 N–H and O–H groups in total. The molecule has 7 heteroatoms. The van der Waals surface area contributed by atoms with Crippen molar-refractivity contribution in [2.75, 3.05) is 33.5 Å². The van der Waals surface area contributed by atoms with Gasteiger partial charge in [-0.2, -0.15) is 0 Å². The van der Waals surface area contributed by atoms with Crippen LogP contribution in [-0.4, -0.2) is 43.6 Å². The summed E-state index contributed by atoms with van der Waals surface area (Å²) in [5.41, 5.74) is 0.316. The second kappa shape index (κ2) is 9.24. The minimum absolute atomic E-state index is 0.157. The monoisotopic (exact) mass is 285 g/mol. The Bertz CT molecular complexity index is 423. The van der Waals surface area contributed by atoms with Gasteiger partial charge in [-0.3, -0.25) is 10.1 Å². The van der Waals surface area contributed by atoms with Crippen molar-refractivity contribution in [1.29, 1.82) is 0 Å². The molecule has 20 heavy (non-hydrogen) atoms. The van der Waals surface area contributed by atoms with E-state index in [4.69, 9.17) is 19.3 Å². The number of rotatable bonds is 10. The summed E-state index contributed by atoms with van der Waals surface area (Å²) in [5.74, 6) is 0.174. The van der Waals surface area contributed by atoms with Crippen molar-refractivity contribution < 1.29 is 24.2 Å². The molecule has 0 aliphatic heterocycles. The third-order valence-electron chi connectivity index (χ3n) is 2.52. The fraction of sp³-hybridized carbons (Fsp3) is 0.538. The summed E-state index contributed by atoms with van der Waals surface area (Å²) in [5, 5.41) is 19.9. The predicted octanol–water partition coefficient (Wildman–Crippen LogP) is 1.52. The van der Waals surface area contributed by atoms with Crippen LogP contribution in [0.2, 0.25) is 0 Å². The SMILES string of the molecule is COCCCOCCOc1ccc(CO)cc1[N+](=O)[O-]. The van der Waals surface area contributed by atoms with Gasteiger partial charge in [0, 0.05) is 26.4 Å². The highest BCUT2D eigenvalue weighted by Gasteiger charge is 2.15. The number of benzene rings is 1. The number of nitro benzene ring substituents is 1. The van der Waals surface area contributed by atoms with Crippen LogP contribution in [0.5, 0.6) is 5.75 Å². The highest BCUT2D eigenvalue weighted by Crippen LogP contribution is 2.27. The molecule has 1 rings (SSSR count). The van der Waals surface area contributed by atoms with Crippen molar-refractivity contribution in [1.82, 2.24) is 0 Å². The van der Waals surface area contributed by atoms with E-state index >= 15 is 0 Å². The summed E-state index contributed by atoms with van der Waals surface area (Å²) in [6.45, 7) is 1.52. The Morgan fingerprint density at radius 1 is 1.25 bits per heavy atom. The van der Waals surface area contributed by atoms with E-state index < -0.39 is 4.92 Å². The lowest BCUT2D eigenvalue weighted by molar-refractivity contribution is -0.386. The Morgan fingerprint density at radius 2 is 2.05 bits per heavy atom. The highest BCUT2D eigenvalue weighted by atomic mass is 16.6. The topological polar surface area (TPSA) is 91.1 Å². The van der Waals surface area contributed by atoms with Crippen molar-refractivity contribution in [3.05, 3.63) is 33.9 Å². The maximum atomic E-state index is 10.9. The Morgan fingerprint density at radius 3 is 2.70 bits per heavy atom. The van der Waals surface area contributed by atoms with Crippen molar-refractivity contribution in [3.8, 4) is 5.75 Å². The van der Waals surface area contributed by atoms with Crippen molar-refractivity contribution in [2.45, 2.75) is 13.0 Å². The van der Waals surface area contributed by atoms with E-state index in [1.165, 1.54) is 12.1 Å². The van der Waals surface area contributed by atoms with Crippen molar-refractivity contribution >= 4 is 5.69 Å². The van der Waals surface area contributed by atoms with E-state index in [0.29, 0.717) is 25.4 Å². The van der Waals surface area contributed by atoms with Crippen LogP contribution in [0, 0.1) is 10.1 Å². The summed E-state index contributed by atoms with van der Waals surface area (Å²) >= 11 is 0. The molecule has 0 unspecified atom stereocenters. The van der Waals surface area contributed by atoms with Crippen LogP contribution in [0.25, 0.3) is 0 Å². The number of aliphatic hydroxyl groups excluding tert-OH is 1. The Balaban J connectivity index is 2.41. The first-order valence-corrected chi connectivity index (χ1v) is 6.26. The van der Waals surface area contributed by atoms with Gasteiger partial charge in [0.25, 0.3) is 0 Å². The van der Waals surface area contributed by atoms with Crippen LogP contribution < -0.4 is 4.74 Å². The predicted molar refractivity (Wildman–Crippen MR) is 71.8 cm³/mol. The maximum Gasteiger partial charge on any atom is 0.311 e. The van der Waals surface area contributed by atoms with Gasteiger partial charge in [0.15, 0.2) is 5.75 Å². The summed E-state index contributed by atoms with van der Waals surface area (Å²) in [6.07, 6.45) is 0.793. The standard InChI is InChI=1S/C13H19NO6/c1-18-5-2-6-19-7-8-20-13-4-3-11(10-15)9-12(13)14(16)17/h3-4,9,15H,2,5-8,10H2,1H3. The molecule has 0 fully saturated rings. The fourth-order valence-electron chi connectivity index (χ4n) is 1.54. The molecular formula is C13H19NO6. The number of hydrogen-bond acceptors (Lipinski definition) is 6. The number of hydrogen-bond donors (Lipinski definition) is 1. The van der Waals surface area contributed by atoms with Gasteiger partial charge in [0.05, 0.1) is 18.1 Å². The van der Waals surface area contributed by atoms with E-state index in [9.17, 15) is 10.1 Å². The van der Waals surface area contributed by atoms with Crippen LogP contribution in [0.15, 0.2) is 18.2 Å². The first-order valence-electron chi connectivity index (χ1n) is 6.26. The average Bonchev–Trinajstić information content (AvgIpc) is 2.46. The Hall–Kier alpha value is -1.70. The third-order valence-corrected chi connectivity index (χ3v) is 2.52. The smallest absolute Gasteiger partial charge is 0.311 e. The molecule has 0 bridgehead atoms. The number of aliphatic hydroxyl groups is 1. The first-order chi connectivity index (χ1) is 9.69. The molecule has 1 aromatic carbocycles. The molecule has 112 valence electrons. The van der Waals surface area contributed by atoms with E-state index in [0.717, 1.165) is 6.42 Å². The van der Waals surface area contributed by atoms with E-state index in [1.807, 2.05) is 0 Å². The van der Waals surface area contributed by atoms with Gasteiger partial charge >= 0.3 is 5.69 Å². The van der Waals surface area contributed by atoms with Gasteiger partial charge in [-0.1, -0.05) is 6.07 Å². The minimum Gasteiger partial charge on any atom is -0.484 e. The lowest BCUT2D eigenvalue weighted by atomic mass is 10.2. The molecule has 0 aromatic heterocycles. The van der Waals surface area contributed by atoms with E-state index in [1.54, 1.807) is 13.2 Å². The molecule has 0 saturated carbocycles. The molecule has 0 atom stereocenters. The summed E-state index contributed by atoms with van der Waals surface area (Å²) in [4.78, 5) is 10.4. The normalized spacial score (nSPS) is 10.5. The van der Waals surface area contributed by atoms with Crippen LogP contribution in [0.4, 0.5) is 5.69 Å². The largest absolute Gasteiger partial charge is 0.484 e. The number of methoxy groups -OCH3 is 1. The van der Waals surface area contributed by atoms with Gasteiger partial charge in [-0.15, -0.1) is 0 Å². The zero-order chi connectivity index (χ0) is 14.8. The van der Waals surface area contributed by atoms with Crippen molar-refractivity contribution in [3.63, 3.8) is 0 Å². The Labute approximate surface area is 117 Å². The minimum atomic E-state index is -0.534. The molecule has 0 saturated heterocycles. The van der Waals surface area contributed by atoms with Gasteiger partial charge < -0.3 is 19.3 Å². The molecule has 0 heterocycles. The fourth-order valence-corrected chi connectivity index (χ4v) is 1.54. The third kappa shape index (κ3) is 5.52. The van der Waals surface area contributed by atoms with E-state index in [2.05, 4.69) is 0 Å². The van der Waals surface area contributed by atoms with Crippen LogP contribution in [0.3, 0.4) is 0 Å². The molecule has 7 nitrogen and oxygen atoms in total. The lowest BCUT2D eigenvalue weighted by Crippen LogP contribution is -2.09. The van der Waals surface area contributed by atoms with Crippen LogP contribution in [0.1, 0.15) is 12.0 Å². The number of nitrogens with zero attached hydrogens (tertiary/aromatic N) is 1. The molecule has 0 amide bonds. The average molecular weight is 285 g/mol. The number of ether oxygens (including phenoxy) is 3. The second-order valence-electron chi connectivity index (χ2n) is 4.02. The Kier molecular flexibility index (Phi) is 7.56. The molecular weight excluding hydrogens is 266 g/mol. The lowest BCUT2D eigenvalue weighted by Gasteiger charge is -2.08. The highest BCUT2D eigenvalue weighted by molar-refractivity contribution is 5.48. The van der Waals surface area contributed by atoms with E-state index in [-0.39, 0.29) is 24.7 Å². The number of nitro groups is 1. The molecule has 0 aliphatic rings. The zero-order valence-electron chi connectivity index (χ0n) is 11.4. The zero-order valence-corrected chi connectivity index (χ0v) is 11.4. The molecule has 0 spiro atoms. The van der Waals surface area contributed by atoms with Gasteiger partial charge in [-0.25, -0.2) is 0 Å². The summed E-state index contributed by atoms with van der Waals surface area (Å²) in [6, 6.07) is 4.37. The van der Waals surface area contributed by atoms with Gasteiger partial charge in [0.1, 0.15) is 6.61 Å². The van der Waals surface area contributed by atoms with Gasteiger partial charge in [0.2, 0.25) is 0 Å².